The van der Waals surface area contributed by atoms with Gasteiger partial charge >= 0.3 is 5.97 Å². The zero-order valence-corrected chi connectivity index (χ0v) is 9.71. The van der Waals surface area contributed by atoms with Gasteiger partial charge in [-0.25, -0.2) is 4.79 Å². The molecule has 0 spiro atoms. The Morgan fingerprint density at radius 1 is 1.25 bits per heavy atom. The molecule has 5 heteroatoms. The van der Waals surface area contributed by atoms with Crippen LogP contribution in [-0.2, 0) is 4.79 Å². The minimum absolute atomic E-state index is 0.198. The number of esters is 1. The topological polar surface area (TPSA) is 44.8 Å². The SMILES string of the molecule is C=CC(=O)Oc1cc(OC)c(OC)cc1Cl. The Morgan fingerprint density at radius 2 is 1.81 bits per heavy atom. The minimum Gasteiger partial charge on any atom is -0.493 e. The van der Waals surface area contributed by atoms with Crippen LogP contribution in [0.5, 0.6) is 17.2 Å². The molecule has 0 aliphatic rings. The Morgan fingerprint density at radius 3 is 2.31 bits per heavy atom. The van der Waals surface area contributed by atoms with E-state index in [4.69, 9.17) is 25.8 Å². The highest BCUT2D eigenvalue weighted by molar-refractivity contribution is 6.32. The number of rotatable bonds is 4. The molecule has 0 N–H and O–H groups in total. The number of halogens is 1. The van der Waals surface area contributed by atoms with Gasteiger partial charge in [0.2, 0.25) is 0 Å². The monoisotopic (exact) mass is 242 g/mol. The first-order chi connectivity index (χ1) is 7.62. The molecule has 0 aliphatic heterocycles. The fourth-order valence-corrected chi connectivity index (χ4v) is 1.26. The third-order valence-corrected chi connectivity index (χ3v) is 2.11. The standard InChI is InChI=1S/C11H11ClO4/c1-4-11(13)16-8-6-10(15-3)9(14-2)5-7(8)12/h4-6H,1H2,2-3H3. The van der Waals surface area contributed by atoms with Gasteiger partial charge in [0.15, 0.2) is 17.2 Å². The Bertz CT molecular complexity index is 415. The molecule has 0 atom stereocenters. The number of hydrogen-bond donors (Lipinski definition) is 0. The van der Waals surface area contributed by atoms with E-state index in [1.54, 1.807) is 0 Å². The predicted octanol–water partition coefficient (Wildman–Crippen LogP) is 2.45. The van der Waals surface area contributed by atoms with E-state index in [0.717, 1.165) is 6.08 Å². The van der Waals surface area contributed by atoms with Crippen molar-refractivity contribution in [3.05, 3.63) is 29.8 Å². The maximum Gasteiger partial charge on any atom is 0.335 e. The summed E-state index contributed by atoms with van der Waals surface area (Å²) in [5, 5.41) is 0.257. The average molecular weight is 243 g/mol. The number of carbonyl (C=O) groups excluding carboxylic acids is 1. The summed E-state index contributed by atoms with van der Waals surface area (Å²) in [6, 6.07) is 2.98. The summed E-state index contributed by atoms with van der Waals surface area (Å²) >= 11 is 5.89. The van der Waals surface area contributed by atoms with Gasteiger partial charge in [0.05, 0.1) is 19.2 Å². The van der Waals surface area contributed by atoms with E-state index in [1.165, 1.54) is 26.4 Å². The van der Waals surface area contributed by atoms with Crippen molar-refractivity contribution in [3.8, 4) is 17.2 Å². The molecule has 0 heterocycles. The van der Waals surface area contributed by atoms with Gasteiger partial charge < -0.3 is 14.2 Å². The molecule has 1 aromatic carbocycles. The van der Waals surface area contributed by atoms with E-state index in [0.29, 0.717) is 11.5 Å². The third kappa shape index (κ3) is 2.67. The molecular formula is C11H11ClO4. The Hall–Kier alpha value is -1.68. The molecule has 4 nitrogen and oxygen atoms in total. The van der Waals surface area contributed by atoms with Crippen LogP contribution in [0, 0.1) is 0 Å². The molecule has 0 fully saturated rings. The highest BCUT2D eigenvalue weighted by Gasteiger charge is 2.12. The molecule has 0 amide bonds. The molecule has 1 rings (SSSR count). The van der Waals surface area contributed by atoms with Crippen molar-refractivity contribution in [2.24, 2.45) is 0 Å². The van der Waals surface area contributed by atoms with Crippen molar-refractivity contribution < 1.29 is 19.0 Å². The van der Waals surface area contributed by atoms with Crippen LogP contribution >= 0.6 is 11.6 Å². The molecule has 0 aromatic heterocycles. The summed E-state index contributed by atoms with van der Waals surface area (Å²) in [5.74, 6) is 0.503. The first kappa shape index (κ1) is 12.4. The van der Waals surface area contributed by atoms with Crippen LogP contribution in [0.3, 0.4) is 0 Å². The number of ether oxygens (including phenoxy) is 3. The van der Waals surface area contributed by atoms with Crippen LogP contribution < -0.4 is 14.2 Å². The fourth-order valence-electron chi connectivity index (χ4n) is 1.06. The van der Waals surface area contributed by atoms with Crippen LogP contribution in [0.1, 0.15) is 0 Å². The zero-order valence-electron chi connectivity index (χ0n) is 8.95. The lowest BCUT2D eigenvalue weighted by Crippen LogP contribution is -2.04. The lowest BCUT2D eigenvalue weighted by Gasteiger charge is -2.10. The predicted molar refractivity (Wildman–Crippen MR) is 60.4 cm³/mol. The van der Waals surface area contributed by atoms with Gasteiger partial charge in [-0.1, -0.05) is 18.2 Å². The fraction of sp³-hybridized carbons (Fsp3) is 0.182. The second-order valence-electron chi connectivity index (χ2n) is 2.76. The normalized spacial score (nSPS) is 9.44. The summed E-state index contributed by atoms with van der Waals surface area (Å²) in [5.41, 5.74) is 0. The summed E-state index contributed by atoms with van der Waals surface area (Å²) < 4.78 is 15.0. The second kappa shape index (κ2) is 5.42. The second-order valence-corrected chi connectivity index (χ2v) is 3.17. The molecule has 16 heavy (non-hydrogen) atoms. The quantitative estimate of drug-likeness (QED) is 0.462. The maximum absolute atomic E-state index is 11.0. The average Bonchev–Trinajstić information content (AvgIpc) is 2.30. The molecule has 86 valence electrons. The Labute approximate surface area is 98.4 Å². The first-order valence-electron chi connectivity index (χ1n) is 4.38. The number of methoxy groups -OCH3 is 2. The van der Waals surface area contributed by atoms with E-state index in [2.05, 4.69) is 6.58 Å². The molecule has 0 aliphatic carbocycles. The molecule has 0 unspecified atom stereocenters. The van der Waals surface area contributed by atoms with Crippen LogP contribution in [0.2, 0.25) is 5.02 Å². The minimum atomic E-state index is -0.589. The van der Waals surface area contributed by atoms with Gasteiger partial charge in [0, 0.05) is 18.2 Å². The molecule has 0 saturated carbocycles. The van der Waals surface area contributed by atoms with Crippen LogP contribution in [0.4, 0.5) is 0 Å². The van der Waals surface area contributed by atoms with Crippen LogP contribution in [0.25, 0.3) is 0 Å². The molecule has 0 bridgehead atoms. The van der Waals surface area contributed by atoms with Gasteiger partial charge in [0.1, 0.15) is 0 Å². The summed E-state index contributed by atoms with van der Waals surface area (Å²) in [4.78, 5) is 11.0. The van der Waals surface area contributed by atoms with Gasteiger partial charge in [-0.05, 0) is 0 Å². The highest BCUT2D eigenvalue weighted by atomic mass is 35.5. The van der Waals surface area contributed by atoms with E-state index >= 15 is 0 Å². The molecular weight excluding hydrogens is 232 g/mol. The van der Waals surface area contributed by atoms with Crippen molar-refractivity contribution in [3.63, 3.8) is 0 Å². The van der Waals surface area contributed by atoms with E-state index < -0.39 is 5.97 Å². The van der Waals surface area contributed by atoms with Gasteiger partial charge in [-0.3, -0.25) is 0 Å². The zero-order chi connectivity index (χ0) is 12.1. The van der Waals surface area contributed by atoms with Crippen molar-refractivity contribution in [2.75, 3.05) is 14.2 Å². The van der Waals surface area contributed by atoms with E-state index in [-0.39, 0.29) is 10.8 Å². The van der Waals surface area contributed by atoms with Crippen LogP contribution in [0.15, 0.2) is 24.8 Å². The number of carbonyl (C=O) groups is 1. The molecule has 1 aromatic rings. The maximum atomic E-state index is 11.0. The summed E-state index contributed by atoms with van der Waals surface area (Å²) in [6.45, 7) is 3.29. The van der Waals surface area contributed by atoms with Crippen molar-refractivity contribution >= 4 is 17.6 Å². The lowest BCUT2D eigenvalue weighted by atomic mass is 10.3. The largest absolute Gasteiger partial charge is 0.493 e. The molecule has 0 radical (unpaired) electrons. The van der Waals surface area contributed by atoms with Crippen molar-refractivity contribution in [2.45, 2.75) is 0 Å². The summed E-state index contributed by atoms with van der Waals surface area (Å²) in [7, 11) is 2.97. The Kier molecular flexibility index (Phi) is 4.19. The third-order valence-electron chi connectivity index (χ3n) is 1.82. The van der Waals surface area contributed by atoms with E-state index in [1.807, 2.05) is 0 Å². The smallest absolute Gasteiger partial charge is 0.335 e. The van der Waals surface area contributed by atoms with Gasteiger partial charge in [-0.2, -0.15) is 0 Å². The Balaban J connectivity index is 3.10. The number of benzene rings is 1. The van der Waals surface area contributed by atoms with Gasteiger partial charge in [0.25, 0.3) is 0 Å². The van der Waals surface area contributed by atoms with Crippen molar-refractivity contribution in [1.82, 2.24) is 0 Å². The van der Waals surface area contributed by atoms with Crippen molar-refractivity contribution in [1.29, 1.82) is 0 Å². The number of hydrogen-bond acceptors (Lipinski definition) is 4. The highest BCUT2D eigenvalue weighted by Crippen LogP contribution is 2.37. The van der Waals surface area contributed by atoms with E-state index in [9.17, 15) is 4.79 Å². The summed E-state index contributed by atoms with van der Waals surface area (Å²) in [6.07, 6.45) is 1.05. The molecule has 0 saturated heterocycles. The van der Waals surface area contributed by atoms with Gasteiger partial charge in [-0.15, -0.1) is 0 Å². The van der Waals surface area contributed by atoms with Crippen LogP contribution in [-0.4, -0.2) is 20.2 Å². The lowest BCUT2D eigenvalue weighted by molar-refractivity contribution is -0.128. The first-order valence-corrected chi connectivity index (χ1v) is 4.76.